The molecule has 1 aliphatic carbocycles. The largest absolute Gasteiger partial charge is 0.481 e. The van der Waals surface area contributed by atoms with Gasteiger partial charge in [0.2, 0.25) is 5.88 Å². The SMILES string of the molecule is CC/C=C(/N=C1/C(F)=C(c2ccc(F)c3sc(C(C)C)c(C#N)c23)C(Cl)=C/C1=C(/C)N(C)C(CC)CCC(C)CC)OC. The van der Waals surface area contributed by atoms with Crippen molar-refractivity contribution in [3.8, 4) is 6.07 Å². The van der Waals surface area contributed by atoms with E-state index >= 15 is 8.78 Å². The lowest BCUT2D eigenvalue weighted by Crippen LogP contribution is -2.32. The van der Waals surface area contributed by atoms with Gasteiger partial charge < -0.3 is 9.64 Å². The summed E-state index contributed by atoms with van der Waals surface area (Å²) in [6.45, 7) is 14.5. The summed E-state index contributed by atoms with van der Waals surface area (Å²) in [6, 6.07) is 5.33. The van der Waals surface area contributed by atoms with Crippen molar-refractivity contribution in [1.29, 1.82) is 5.26 Å². The molecule has 0 aliphatic heterocycles. The Morgan fingerprint density at radius 1 is 1.16 bits per heavy atom. The first kappa shape index (κ1) is 34.5. The van der Waals surface area contributed by atoms with E-state index < -0.39 is 11.6 Å². The molecule has 0 N–H and O–H groups in total. The van der Waals surface area contributed by atoms with Crippen LogP contribution in [-0.4, -0.2) is 30.8 Å². The molecule has 2 atom stereocenters. The first-order valence-corrected chi connectivity index (χ1v) is 16.3. The number of nitrogens with zero attached hydrogens (tertiary/aromatic N) is 3. The molecule has 2 aromatic rings. The van der Waals surface area contributed by atoms with Crippen molar-refractivity contribution < 1.29 is 13.5 Å². The minimum absolute atomic E-state index is 0.00406. The van der Waals surface area contributed by atoms with Crippen LogP contribution in [0.5, 0.6) is 0 Å². The first-order chi connectivity index (χ1) is 20.4. The predicted octanol–water partition coefficient (Wildman–Crippen LogP) is 11.0. The molecular formula is C35H44ClF2N3OS. The number of hydrogen-bond donors (Lipinski definition) is 0. The van der Waals surface area contributed by atoms with Gasteiger partial charge in [0.1, 0.15) is 17.6 Å². The smallest absolute Gasteiger partial charge is 0.209 e. The van der Waals surface area contributed by atoms with Gasteiger partial charge in [0.05, 0.1) is 22.4 Å². The van der Waals surface area contributed by atoms with E-state index in [2.05, 4.69) is 36.7 Å². The predicted molar refractivity (Wildman–Crippen MR) is 179 cm³/mol. The lowest BCUT2D eigenvalue weighted by Gasteiger charge is -2.33. The van der Waals surface area contributed by atoms with Gasteiger partial charge in [-0.3, -0.25) is 0 Å². The fourth-order valence-corrected chi connectivity index (χ4v) is 6.91. The standard InChI is InChI=1S/C35H44ClF2N3OS/c1-10-13-29(42-9)40-33-25(22(7)41(8)23(12-3)15-14-21(6)11-2)18-27(36)31(32(33)38)24-16-17-28(37)35-30(24)26(19-39)34(43-35)20(4)5/h13,16-18,20-21,23H,10-12,14-15H2,1-9H3/b25-22+,29-13-,40-33+. The zero-order chi connectivity index (χ0) is 32.0. The molecule has 2 unspecified atom stereocenters. The van der Waals surface area contributed by atoms with Gasteiger partial charge in [-0.05, 0) is 68.2 Å². The van der Waals surface area contributed by atoms with Crippen LogP contribution in [0.3, 0.4) is 0 Å². The maximum absolute atomic E-state index is 17.0. The van der Waals surface area contributed by atoms with E-state index in [1.807, 2.05) is 34.7 Å². The van der Waals surface area contributed by atoms with Crippen LogP contribution >= 0.6 is 22.9 Å². The average molecular weight is 628 g/mol. The number of benzene rings is 1. The van der Waals surface area contributed by atoms with Gasteiger partial charge in [-0.25, -0.2) is 13.8 Å². The lowest BCUT2D eigenvalue weighted by atomic mass is 9.89. The van der Waals surface area contributed by atoms with Crippen molar-refractivity contribution in [3.63, 3.8) is 0 Å². The minimum Gasteiger partial charge on any atom is -0.481 e. The van der Waals surface area contributed by atoms with Gasteiger partial charge in [-0.15, -0.1) is 11.3 Å². The molecular weight excluding hydrogens is 584 g/mol. The Labute approximate surface area is 265 Å². The second-order valence-corrected chi connectivity index (χ2v) is 12.9. The number of rotatable bonds is 12. The van der Waals surface area contributed by atoms with Crippen LogP contribution in [-0.2, 0) is 4.74 Å². The molecule has 0 saturated carbocycles. The summed E-state index contributed by atoms with van der Waals surface area (Å²) in [5.41, 5.74) is 2.30. The van der Waals surface area contributed by atoms with Crippen molar-refractivity contribution in [3.05, 3.63) is 74.1 Å². The Morgan fingerprint density at radius 2 is 1.86 bits per heavy atom. The summed E-state index contributed by atoms with van der Waals surface area (Å²) in [7, 11) is 3.54. The monoisotopic (exact) mass is 627 g/mol. The highest BCUT2D eigenvalue weighted by molar-refractivity contribution is 7.19. The van der Waals surface area contributed by atoms with E-state index in [1.54, 1.807) is 12.2 Å². The summed E-state index contributed by atoms with van der Waals surface area (Å²) in [6.07, 6.45) is 8.36. The highest BCUT2D eigenvalue weighted by Crippen LogP contribution is 2.46. The van der Waals surface area contributed by atoms with Crippen molar-refractivity contribution in [2.45, 2.75) is 92.5 Å². The lowest BCUT2D eigenvalue weighted by molar-refractivity contribution is 0.261. The van der Waals surface area contributed by atoms with Crippen molar-refractivity contribution >= 4 is 44.3 Å². The molecule has 1 aromatic heterocycles. The molecule has 0 radical (unpaired) electrons. The Hall–Kier alpha value is -2.95. The topological polar surface area (TPSA) is 48.6 Å². The van der Waals surface area contributed by atoms with Crippen LogP contribution in [0.15, 0.2) is 57.3 Å². The first-order valence-electron chi connectivity index (χ1n) is 15.1. The molecule has 3 rings (SSSR count). The second-order valence-electron chi connectivity index (χ2n) is 11.5. The van der Waals surface area contributed by atoms with Gasteiger partial charge in [0, 0.05) is 40.2 Å². The molecule has 0 spiro atoms. The van der Waals surface area contributed by atoms with Crippen LogP contribution in [0.4, 0.5) is 8.78 Å². The molecule has 1 aliphatic rings. The molecule has 43 heavy (non-hydrogen) atoms. The third-order valence-electron chi connectivity index (χ3n) is 8.35. The normalized spacial score (nSPS) is 17.8. The van der Waals surface area contributed by atoms with Crippen LogP contribution in [0.2, 0.25) is 0 Å². The van der Waals surface area contributed by atoms with Gasteiger partial charge in [0.15, 0.2) is 5.83 Å². The Balaban J connectivity index is 2.33. The van der Waals surface area contributed by atoms with Gasteiger partial charge in [0.25, 0.3) is 0 Å². The molecule has 4 nitrogen and oxygen atoms in total. The molecule has 8 heteroatoms. The summed E-state index contributed by atoms with van der Waals surface area (Å²) in [5, 5.41) is 10.7. The Morgan fingerprint density at radius 3 is 2.42 bits per heavy atom. The number of fused-ring (bicyclic) bond motifs is 1. The Bertz CT molecular complexity index is 1540. The fraction of sp³-hybridized carbons (Fsp3) is 0.486. The van der Waals surface area contributed by atoms with Crippen LogP contribution in [0, 0.1) is 23.1 Å². The van der Waals surface area contributed by atoms with Crippen LogP contribution < -0.4 is 0 Å². The molecule has 1 heterocycles. The number of allylic oxidation sites excluding steroid dienone is 7. The van der Waals surface area contributed by atoms with E-state index in [1.165, 1.54) is 30.6 Å². The Kier molecular flexibility index (Phi) is 12.2. The highest BCUT2D eigenvalue weighted by Gasteiger charge is 2.31. The molecule has 0 amide bonds. The number of methoxy groups -OCH3 is 1. The summed E-state index contributed by atoms with van der Waals surface area (Å²) in [4.78, 5) is 7.61. The average Bonchev–Trinajstić information content (AvgIpc) is 3.39. The maximum Gasteiger partial charge on any atom is 0.209 e. The highest BCUT2D eigenvalue weighted by atomic mass is 35.5. The number of aliphatic imine (C=N–C) groups is 1. The molecule has 0 saturated heterocycles. The molecule has 232 valence electrons. The quantitative estimate of drug-likeness (QED) is 0.220. The van der Waals surface area contributed by atoms with E-state index in [0.717, 1.165) is 36.3 Å². The minimum atomic E-state index is -0.643. The van der Waals surface area contributed by atoms with E-state index in [0.29, 0.717) is 39.1 Å². The zero-order valence-electron chi connectivity index (χ0n) is 26.9. The van der Waals surface area contributed by atoms with Crippen LogP contribution in [0.25, 0.3) is 15.7 Å². The van der Waals surface area contributed by atoms with Gasteiger partial charge in [-0.1, -0.05) is 65.6 Å². The third kappa shape index (κ3) is 7.24. The van der Waals surface area contributed by atoms with Crippen molar-refractivity contribution in [1.82, 2.24) is 4.90 Å². The number of ether oxygens (including phenoxy) is 1. The van der Waals surface area contributed by atoms with Gasteiger partial charge in [-0.2, -0.15) is 5.26 Å². The molecule has 1 aromatic carbocycles. The zero-order valence-corrected chi connectivity index (χ0v) is 28.4. The van der Waals surface area contributed by atoms with E-state index in [-0.39, 0.29) is 34.2 Å². The summed E-state index contributed by atoms with van der Waals surface area (Å²) < 4.78 is 37.9. The molecule has 0 fully saturated rings. The van der Waals surface area contributed by atoms with E-state index in [4.69, 9.17) is 16.3 Å². The maximum atomic E-state index is 17.0. The summed E-state index contributed by atoms with van der Waals surface area (Å²) >= 11 is 8.16. The number of hydrogen-bond acceptors (Lipinski definition) is 5. The fourth-order valence-electron chi connectivity index (χ4n) is 5.43. The van der Waals surface area contributed by atoms with Crippen molar-refractivity contribution in [2.75, 3.05) is 14.2 Å². The van der Waals surface area contributed by atoms with E-state index in [9.17, 15) is 5.26 Å². The van der Waals surface area contributed by atoms with Crippen molar-refractivity contribution in [2.24, 2.45) is 10.9 Å². The second kappa shape index (κ2) is 15.2. The number of nitriles is 1. The number of thiophene rings is 1. The van der Waals surface area contributed by atoms with Crippen LogP contribution in [0.1, 0.15) is 102 Å². The molecule has 0 bridgehead atoms. The third-order valence-corrected chi connectivity index (χ3v) is 10.2. The van der Waals surface area contributed by atoms with Gasteiger partial charge >= 0.3 is 0 Å². The number of halogens is 3. The summed E-state index contributed by atoms with van der Waals surface area (Å²) in [5.74, 6) is -0.185.